The molecule has 0 aliphatic heterocycles. The Labute approximate surface area is 111 Å². The van der Waals surface area contributed by atoms with E-state index in [4.69, 9.17) is 5.73 Å². The van der Waals surface area contributed by atoms with Crippen molar-refractivity contribution in [1.82, 2.24) is 4.90 Å². The molecule has 2 N–H and O–H groups in total. The standard InChI is InChI=1S/C16H26N2/c1-3-18(16-6-4-5-13(2)11-16)12-14-7-9-15(17)10-8-14/h7-10,13,16H,3-6,11-12,17H2,1-2H3. The van der Waals surface area contributed by atoms with Crippen molar-refractivity contribution in [1.29, 1.82) is 0 Å². The van der Waals surface area contributed by atoms with Crippen LogP contribution in [0.3, 0.4) is 0 Å². The normalized spacial score (nSPS) is 24.4. The van der Waals surface area contributed by atoms with Gasteiger partial charge in [-0.1, -0.05) is 38.8 Å². The molecule has 0 saturated heterocycles. The van der Waals surface area contributed by atoms with Gasteiger partial charge >= 0.3 is 0 Å². The summed E-state index contributed by atoms with van der Waals surface area (Å²) in [6.07, 6.45) is 5.54. The summed E-state index contributed by atoms with van der Waals surface area (Å²) in [5.74, 6) is 0.893. The monoisotopic (exact) mass is 246 g/mol. The molecular formula is C16H26N2. The predicted octanol–water partition coefficient (Wildman–Crippen LogP) is 3.67. The topological polar surface area (TPSA) is 29.3 Å². The fourth-order valence-corrected chi connectivity index (χ4v) is 3.09. The van der Waals surface area contributed by atoms with Gasteiger partial charge < -0.3 is 5.73 Å². The Kier molecular flexibility index (Phi) is 4.65. The van der Waals surface area contributed by atoms with E-state index in [2.05, 4.69) is 30.9 Å². The van der Waals surface area contributed by atoms with Crippen LogP contribution in [0.5, 0.6) is 0 Å². The van der Waals surface area contributed by atoms with Gasteiger partial charge in [-0.05, 0) is 43.0 Å². The maximum atomic E-state index is 5.74. The van der Waals surface area contributed by atoms with Crippen LogP contribution in [0.2, 0.25) is 0 Å². The largest absolute Gasteiger partial charge is 0.399 e. The van der Waals surface area contributed by atoms with Crippen molar-refractivity contribution >= 4 is 5.69 Å². The summed E-state index contributed by atoms with van der Waals surface area (Å²) in [5, 5.41) is 0. The van der Waals surface area contributed by atoms with E-state index in [1.54, 1.807) is 0 Å². The molecule has 100 valence electrons. The fourth-order valence-electron chi connectivity index (χ4n) is 3.09. The van der Waals surface area contributed by atoms with Crippen molar-refractivity contribution < 1.29 is 0 Å². The average Bonchev–Trinajstić information content (AvgIpc) is 2.38. The van der Waals surface area contributed by atoms with Gasteiger partial charge in [-0.25, -0.2) is 0 Å². The molecule has 2 heteroatoms. The number of nitrogen functional groups attached to an aromatic ring is 1. The quantitative estimate of drug-likeness (QED) is 0.821. The van der Waals surface area contributed by atoms with Crippen molar-refractivity contribution in [2.75, 3.05) is 12.3 Å². The van der Waals surface area contributed by atoms with Crippen molar-refractivity contribution in [2.24, 2.45) is 5.92 Å². The molecule has 0 heterocycles. The maximum Gasteiger partial charge on any atom is 0.0314 e. The molecule has 1 fully saturated rings. The van der Waals surface area contributed by atoms with Gasteiger partial charge in [-0.3, -0.25) is 4.90 Å². The minimum absolute atomic E-state index is 0.774. The minimum atomic E-state index is 0.774. The molecule has 0 bridgehead atoms. The number of hydrogen-bond acceptors (Lipinski definition) is 2. The van der Waals surface area contributed by atoms with Gasteiger partial charge in [0.2, 0.25) is 0 Å². The zero-order valence-electron chi connectivity index (χ0n) is 11.7. The smallest absolute Gasteiger partial charge is 0.0314 e. The Morgan fingerprint density at radius 1 is 1.22 bits per heavy atom. The van der Waals surface area contributed by atoms with Gasteiger partial charge in [-0.15, -0.1) is 0 Å². The molecule has 1 aromatic carbocycles. The van der Waals surface area contributed by atoms with E-state index >= 15 is 0 Å². The summed E-state index contributed by atoms with van der Waals surface area (Å²) >= 11 is 0. The first-order valence-corrected chi connectivity index (χ1v) is 7.27. The third kappa shape index (κ3) is 3.49. The third-order valence-electron chi connectivity index (χ3n) is 4.20. The average molecular weight is 246 g/mol. The van der Waals surface area contributed by atoms with Crippen LogP contribution < -0.4 is 5.73 Å². The molecule has 2 unspecified atom stereocenters. The Hall–Kier alpha value is -1.02. The summed E-state index contributed by atoms with van der Waals surface area (Å²) in [6, 6.07) is 9.10. The second-order valence-electron chi connectivity index (χ2n) is 5.73. The first-order chi connectivity index (χ1) is 8.69. The van der Waals surface area contributed by atoms with E-state index in [9.17, 15) is 0 Å². The van der Waals surface area contributed by atoms with Gasteiger partial charge in [0.05, 0.1) is 0 Å². The molecule has 1 aliphatic rings. The van der Waals surface area contributed by atoms with Crippen molar-refractivity contribution in [3.63, 3.8) is 0 Å². The Morgan fingerprint density at radius 3 is 2.56 bits per heavy atom. The highest BCUT2D eigenvalue weighted by Gasteiger charge is 2.23. The summed E-state index contributed by atoms with van der Waals surface area (Å²) in [7, 11) is 0. The predicted molar refractivity (Wildman–Crippen MR) is 78.4 cm³/mol. The fraction of sp³-hybridized carbons (Fsp3) is 0.625. The lowest BCUT2D eigenvalue weighted by Gasteiger charge is -2.36. The van der Waals surface area contributed by atoms with Crippen molar-refractivity contribution in [3.8, 4) is 0 Å². The van der Waals surface area contributed by atoms with Crippen LogP contribution in [0.25, 0.3) is 0 Å². The molecule has 2 rings (SSSR count). The second-order valence-corrected chi connectivity index (χ2v) is 5.73. The Bertz CT molecular complexity index is 358. The lowest BCUT2D eigenvalue weighted by Crippen LogP contribution is -2.37. The molecule has 2 atom stereocenters. The van der Waals surface area contributed by atoms with Crippen LogP contribution in [-0.2, 0) is 6.54 Å². The molecule has 18 heavy (non-hydrogen) atoms. The summed E-state index contributed by atoms with van der Waals surface area (Å²) in [5.41, 5.74) is 7.97. The molecule has 2 nitrogen and oxygen atoms in total. The van der Waals surface area contributed by atoms with Gasteiger partial charge in [0, 0.05) is 18.3 Å². The van der Waals surface area contributed by atoms with E-state index < -0.39 is 0 Å². The molecule has 0 radical (unpaired) electrons. The molecule has 1 aromatic rings. The van der Waals surface area contributed by atoms with E-state index in [1.165, 1.54) is 31.2 Å². The van der Waals surface area contributed by atoms with E-state index in [-0.39, 0.29) is 0 Å². The van der Waals surface area contributed by atoms with Crippen molar-refractivity contribution in [3.05, 3.63) is 29.8 Å². The molecule has 0 aromatic heterocycles. The Balaban J connectivity index is 1.98. The minimum Gasteiger partial charge on any atom is -0.399 e. The first-order valence-electron chi connectivity index (χ1n) is 7.27. The highest BCUT2D eigenvalue weighted by Crippen LogP contribution is 2.28. The highest BCUT2D eigenvalue weighted by molar-refractivity contribution is 5.39. The van der Waals surface area contributed by atoms with Crippen molar-refractivity contribution in [2.45, 2.75) is 52.1 Å². The maximum absolute atomic E-state index is 5.74. The number of anilines is 1. The van der Waals surface area contributed by atoms with Gasteiger partial charge in [0.15, 0.2) is 0 Å². The lowest BCUT2D eigenvalue weighted by atomic mass is 9.86. The van der Waals surface area contributed by atoms with E-state index in [0.29, 0.717) is 0 Å². The van der Waals surface area contributed by atoms with Crippen LogP contribution in [0.15, 0.2) is 24.3 Å². The second kappa shape index (κ2) is 6.24. The van der Waals surface area contributed by atoms with Gasteiger partial charge in [0.1, 0.15) is 0 Å². The number of nitrogens with zero attached hydrogens (tertiary/aromatic N) is 1. The van der Waals surface area contributed by atoms with Crippen LogP contribution in [0.4, 0.5) is 5.69 Å². The number of hydrogen-bond donors (Lipinski definition) is 1. The van der Waals surface area contributed by atoms with Crippen LogP contribution >= 0.6 is 0 Å². The zero-order chi connectivity index (χ0) is 13.0. The zero-order valence-corrected chi connectivity index (χ0v) is 11.7. The van der Waals surface area contributed by atoms with Gasteiger partial charge in [-0.2, -0.15) is 0 Å². The Morgan fingerprint density at radius 2 is 1.94 bits per heavy atom. The van der Waals surface area contributed by atoms with E-state index in [1.807, 2.05) is 12.1 Å². The molecule has 1 saturated carbocycles. The highest BCUT2D eigenvalue weighted by atomic mass is 15.1. The molecule has 1 aliphatic carbocycles. The third-order valence-corrected chi connectivity index (χ3v) is 4.20. The van der Waals surface area contributed by atoms with Crippen LogP contribution in [0.1, 0.15) is 45.1 Å². The summed E-state index contributed by atoms with van der Waals surface area (Å²) in [4.78, 5) is 2.63. The summed E-state index contributed by atoms with van der Waals surface area (Å²) < 4.78 is 0. The lowest BCUT2D eigenvalue weighted by molar-refractivity contribution is 0.133. The SMILES string of the molecule is CCN(Cc1ccc(N)cc1)C1CCCC(C)C1. The number of nitrogens with two attached hydrogens (primary N) is 1. The summed E-state index contributed by atoms with van der Waals surface area (Å²) in [6.45, 7) is 6.87. The van der Waals surface area contributed by atoms with Crippen LogP contribution in [0, 0.1) is 5.92 Å². The van der Waals surface area contributed by atoms with Gasteiger partial charge in [0.25, 0.3) is 0 Å². The van der Waals surface area contributed by atoms with Crippen LogP contribution in [-0.4, -0.2) is 17.5 Å². The number of rotatable bonds is 4. The number of benzene rings is 1. The molecular weight excluding hydrogens is 220 g/mol. The molecule has 0 spiro atoms. The molecule has 0 amide bonds. The van der Waals surface area contributed by atoms with E-state index in [0.717, 1.165) is 30.7 Å². The first kappa shape index (κ1) is 13.4.